The van der Waals surface area contributed by atoms with E-state index in [2.05, 4.69) is 34.5 Å². The Bertz CT molecular complexity index is 861. The van der Waals surface area contributed by atoms with Crippen LogP contribution in [-0.4, -0.2) is 60.2 Å². The van der Waals surface area contributed by atoms with Gasteiger partial charge < -0.3 is 20.1 Å². The quantitative estimate of drug-likeness (QED) is 0.717. The smallest absolute Gasteiger partial charge is 0.148 e. The Morgan fingerprint density at radius 1 is 1.31 bits per heavy atom. The zero-order chi connectivity index (χ0) is 20.2. The van der Waals surface area contributed by atoms with Gasteiger partial charge >= 0.3 is 0 Å². The van der Waals surface area contributed by atoms with E-state index in [-0.39, 0.29) is 6.17 Å². The lowest BCUT2D eigenvalue weighted by Gasteiger charge is -2.27. The van der Waals surface area contributed by atoms with Crippen molar-refractivity contribution in [2.24, 2.45) is 0 Å². The molecule has 2 N–H and O–H groups in total. The van der Waals surface area contributed by atoms with Crippen LogP contribution in [0.15, 0.2) is 36.5 Å². The first-order valence-corrected chi connectivity index (χ1v) is 10.5. The van der Waals surface area contributed by atoms with Crippen LogP contribution in [0.3, 0.4) is 0 Å². The third-order valence-corrected chi connectivity index (χ3v) is 5.30. The van der Waals surface area contributed by atoms with Crippen LogP contribution in [0.2, 0.25) is 0 Å². The van der Waals surface area contributed by atoms with Crippen LogP contribution in [0, 0.1) is 0 Å². The Kier molecular flexibility index (Phi) is 6.28. The lowest BCUT2D eigenvalue weighted by molar-refractivity contribution is 0.0322. The van der Waals surface area contributed by atoms with Crippen molar-refractivity contribution in [2.45, 2.75) is 26.1 Å². The molecule has 7 nitrogen and oxygen atoms in total. The van der Waals surface area contributed by atoms with Gasteiger partial charge in [-0.15, -0.1) is 0 Å². The Morgan fingerprint density at radius 2 is 2.14 bits per heavy atom. The van der Waals surface area contributed by atoms with Gasteiger partial charge in [0.1, 0.15) is 24.3 Å². The van der Waals surface area contributed by atoms with Gasteiger partial charge in [0.15, 0.2) is 0 Å². The maximum atomic E-state index is 6.55. The lowest BCUT2D eigenvalue weighted by atomic mass is 10.1. The summed E-state index contributed by atoms with van der Waals surface area (Å²) in [5, 5.41) is 12.1. The highest BCUT2D eigenvalue weighted by Gasteiger charge is 2.20. The monoisotopic (exact) mass is 417 g/mol. The standard InChI is InChI=1S/C21H28ClN5O2/c1-15(2)23-20-5-6-27(25-20)21-14-18(22)17-4-3-16(13-19(17)24-21)29-12-9-26-7-10-28-11-8-26/h3-6,13-15,21,24H,7-12H2,1-2H3,(H,23,25). The molecule has 2 aromatic rings. The van der Waals surface area contributed by atoms with Crippen LogP contribution in [0.5, 0.6) is 5.75 Å². The fraction of sp³-hybridized carbons (Fsp3) is 0.476. The number of morpholine rings is 1. The Hall–Kier alpha value is -2.22. The van der Waals surface area contributed by atoms with Crippen molar-refractivity contribution in [1.29, 1.82) is 0 Å². The highest BCUT2D eigenvalue weighted by molar-refractivity contribution is 6.49. The minimum absolute atomic E-state index is 0.152. The molecule has 1 atom stereocenters. The first kappa shape index (κ1) is 20.1. The van der Waals surface area contributed by atoms with E-state index >= 15 is 0 Å². The molecule has 29 heavy (non-hydrogen) atoms. The summed E-state index contributed by atoms with van der Waals surface area (Å²) in [5.74, 6) is 1.68. The molecule has 1 fully saturated rings. The average molecular weight is 418 g/mol. The number of hydrogen-bond acceptors (Lipinski definition) is 6. The summed E-state index contributed by atoms with van der Waals surface area (Å²) in [6.45, 7) is 9.26. The van der Waals surface area contributed by atoms with E-state index in [1.807, 2.05) is 41.2 Å². The summed E-state index contributed by atoms with van der Waals surface area (Å²) in [6.07, 6.45) is 3.76. The van der Waals surface area contributed by atoms with Gasteiger partial charge in [-0.05, 0) is 32.1 Å². The van der Waals surface area contributed by atoms with Crippen LogP contribution in [0.4, 0.5) is 11.5 Å². The first-order chi connectivity index (χ1) is 14.1. The highest BCUT2D eigenvalue weighted by Crippen LogP contribution is 2.37. The van der Waals surface area contributed by atoms with E-state index < -0.39 is 0 Å². The number of rotatable bonds is 7. The topological polar surface area (TPSA) is 63.6 Å². The SMILES string of the molecule is CC(C)Nc1ccn(C2C=C(Cl)c3ccc(OCCN4CCOCC4)cc3N2)n1. The third kappa shape index (κ3) is 5.04. The number of nitrogens with zero attached hydrogens (tertiary/aromatic N) is 3. The van der Waals surface area contributed by atoms with Gasteiger partial charge in [0, 0.05) is 60.3 Å². The van der Waals surface area contributed by atoms with Crippen LogP contribution in [0.25, 0.3) is 5.03 Å². The van der Waals surface area contributed by atoms with Crippen LogP contribution in [-0.2, 0) is 4.74 Å². The molecule has 1 saturated heterocycles. The van der Waals surface area contributed by atoms with Crippen molar-refractivity contribution in [3.05, 3.63) is 42.1 Å². The molecule has 4 rings (SSSR count). The third-order valence-electron chi connectivity index (χ3n) is 4.97. The Balaban J connectivity index is 1.41. The lowest BCUT2D eigenvalue weighted by Crippen LogP contribution is -2.38. The van der Waals surface area contributed by atoms with E-state index in [1.165, 1.54) is 0 Å². The number of ether oxygens (including phenoxy) is 2. The molecule has 2 aliphatic rings. The van der Waals surface area contributed by atoms with Gasteiger partial charge in [-0.25, -0.2) is 4.68 Å². The molecule has 0 spiro atoms. The van der Waals surface area contributed by atoms with Crippen molar-refractivity contribution in [3.63, 3.8) is 0 Å². The van der Waals surface area contributed by atoms with E-state index in [0.29, 0.717) is 17.7 Å². The summed E-state index contributed by atoms with van der Waals surface area (Å²) in [5.41, 5.74) is 1.91. The number of aromatic nitrogens is 2. The minimum atomic E-state index is -0.152. The average Bonchev–Trinajstić information content (AvgIpc) is 3.16. The molecule has 0 bridgehead atoms. The largest absolute Gasteiger partial charge is 0.492 e. The summed E-state index contributed by atoms with van der Waals surface area (Å²) in [6, 6.07) is 8.26. The molecular formula is C21H28ClN5O2. The molecule has 1 aromatic heterocycles. The minimum Gasteiger partial charge on any atom is -0.492 e. The Labute approximate surface area is 176 Å². The summed E-state index contributed by atoms with van der Waals surface area (Å²) < 4.78 is 13.2. The second-order valence-electron chi connectivity index (χ2n) is 7.59. The van der Waals surface area contributed by atoms with Crippen LogP contribution < -0.4 is 15.4 Å². The second kappa shape index (κ2) is 9.07. The van der Waals surface area contributed by atoms with Crippen molar-refractivity contribution in [1.82, 2.24) is 14.7 Å². The molecular weight excluding hydrogens is 390 g/mol. The van der Waals surface area contributed by atoms with E-state index in [4.69, 9.17) is 21.1 Å². The molecule has 8 heteroatoms. The molecule has 0 aliphatic carbocycles. The van der Waals surface area contributed by atoms with E-state index in [1.54, 1.807) is 0 Å². The fourth-order valence-electron chi connectivity index (χ4n) is 3.50. The molecule has 3 heterocycles. The number of halogens is 1. The normalized spacial score (nSPS) is 19.4. The zero-order valence-corrected chi connectivity index (χ0v) is 17.7. The molecule has 2 aliphatic heterocycles. The van der Waals surface area contributed by atoms with Gasteiger partial charge in [0.2, 0.25) is 0 Å². The molecule has 1 aromatic carbocycles. The molecule has 0 saturated carbocycles. The molecule has 0 radical (unpaired) electrons. The molecule has 1 unspecified atom stereocenters. The Morgan fingerprint density at radius 3 is 2.93 bits per heavy atom. The first-order valence-electron chi connectivity index (χ1n) is 10.1. The van der Waals surface area contributed by atoms with Gasteiger partial charge in [-0.2, -0.15) is 5.10 Å². The molecule has 0 amide bonds. The van der Waals surface area contributed by atoms with Crippen LogP contribution >= 0.6 is 11.6 Å². The summed E-state index contributed by atoms with van der Waals surface area (Å²) in [7, 11) is 0. The predicted octanol–water partition coefficient (Wildman–Crippen LogP) is 3.62. The van der Waals surface area contributed by atoms with Gasteiger partial charge in [-0.1, -0.05) is 11.6 Å². The zero-order valence-electron chi connectivity index (χ0n) is 16.9. The van der Waals surface area contributed by atoms with Crippen molar-refractivity contribution < 1.29 is 9.47 Å². The van der Waals surface area contributed by atoms with E-state index in [0.717, 1.165) is 55.7 Å². The van der Waals surface area contributed by atoms with Crippen molar-refractivity contribution >= 4 is 28.1 Å². The predicted molar refractivity (Wildman–Crippen MR) is 117 cm³/mol. The highest BCUT2D eigenvalue weighted by atomic mass is 35.5. The van der Waals surface area contributed by atoms with E-state index in [9.17, 15) is 0 Å². The summed E-state index contributed by atoms with van der Waals surface area (Å²) in [4.78, 5) is 2.36. The van der Waals surface area contributed by atoms with Gasteiger partial charge in [0.25, 0.3) is 0 Å². The fourth-order valence-corrected chi connectivity index (χ4v) is 3.78. The van der Waals surface area contributed by atoms with Crippen molar-refractivity contribution in [2.75, 3.05) is 50.1 Å². The number of hydrogen-bond donors (Lipinski definition) is 2. The van der Waals surface area contributed by atoms with Crippen molar-refractivity contribution in [3.8, 4) is 5.75 Å². The number of nitrogens with one attached hydrogen (secondary N) is 2. The maximum absolute atomic E-state index is 6.55. The maximum Gasteiger partial charge on any atom is 0.148 e. The number of benzene rings is 1. The van der Waals surface area contributed by atoms with Gasteiger partial charge in [0.05, 0.1) is 13.2 Å². The number of fused-ring (bicyclic) bond motifs is 1. The van der Waals surface area contributed by atoms with Crippen LogP contribution in [0.1, 0.15) is 25.6 Å². The van der Waals surface area contributed by atoms with Gasteiger partial charge in [-0.3, -0.25) is 4.90 Å². The summed E-state index contributed by atoms with van der Waals surface area (Å²) >= 11 is 6.55. The molecule has 156 valence electrons. The second-order valence-corrected chi connectivity index (χ2v) is 8.00. The number of anilines is 2.